The molecule has 1 aliphatic heterocycles. The maximum atomic E-state index is 11.6. The van der Waals surface area contributed by atoms with Crippen LogP contribution in [0.15, 0.2) is 60.8 Å². The Kier molecular flexibility index (Phi) is 7.36. The van der Waals surface area contributed by atoms with Crippen molar-refractivity contribution in [3.63, 3.8) is 0 Å². The first kappa shape index (κ1) is 25.0. The molecule has 38 heavy (non-hydrogen) atoms. The van der Waals surface area contributed by atoms with Gasteiger partial charge in [-0.1, -0.05) is 6.07 Å². The number of anilines is 5. The Morgan fingerprint density at radius 1 is 1.03 bits per heavy atom. The van der Waals surface area contributed by atoms with Crippen molar-refractivity contribution in [1.82, 2.24) is 30.2 Å². The lowest BCUT2D eigenvalue weighted by Crippen LogP contribution is -2.43. The standard InChI is InChI=1S/C27H30N10O/c1-18-4-3-5-22(31-18)26-32-20(16-23(28)38)17-25(34-26)36(2)24-10-11-30-27(35-24)33-19-6-8-21(9-7-19)37-14-12-29-13-15-37/h3-11,17,29H,12-16H2,1-2H3,(H2,28,38)(H,30,33,35). The summed E-state index contributed by atoms with van der Waals surface area (Å²) in [6, 6.07) is 17.4. The van der Waals surface area contributed by atoms with Crippen molar-refractivity contribution < 1.29 is 4.79 Å². The van der Waals surface area contributed by atoms with Gasteiger partial charge in [0.1, 0.15) is 17.3 Å². The van der Waals surface area contributed by atoms with E-state index in [1.165, 1.54) is 5.69 Å². The number of pyridine rings is 1. The Labute approximate surface area is 221 Å². The normalized spacial score (nSPS) is 13.3. The molecule has 0 atom stereocenters. The number of rotatable bonds is 8. The second-order valence-electron chi connectivity index (χ2n) is 9.05. The van der Waals surface area contributed by atoms with E-state index in [2.05, 4.69) is 47.6 Å². The topological polar surface area (TPSA) is 138 Å². The highest BCUT2D eigenvalue weighted by molar-refractivity contribution is 5.76. The Balaban J connectivity index is 1.38. The van der Waals surface area contributed by atoms with Gasteiger partial charge in [0.2, 0.25) is 11.9 Å². The minimum Gasteiger partial charge on any atom is -0.369 e. The number of carbonyl (C=O) groups excluding carboxylic acids is 1. The van der Waals surface area contributed by atoms with Crippen molar-refractivity contribution >= 4 is 34.9 Å². The van der Waals surface area contributed by atoms with Crippen LogP contribution in [0, 0.1) is 6.92 Å². The number of carbonyl (C=O) groups is 1. The van der Waals surface area contributed by atoms with Crippen molar-refractivity contribution in [3.05, 3.63) is 72.2 Å². The van der Waals surface area contributed by atoms with Crippen molar-refractivity contribution in [1.29, 1.82) is 0 Å². The van der Waals surface area contributed by atoms with E-state index in [9.17, 15) is 4.79 Å². The van der Waals surface area contributed by atoms with Gasteiger partial charge in [0.15, 0.2) is 5.82 Å². The van der Waals surface area contributed by atoms with Crippen LogP contribution in [0.2, 0.25) is 0 Å². The number of hydrogen-bond acceptors (Lipinski definition) is 10. The van der Waals surface area contributed by atoms with E-state index in [0.717, 1.165) is 37.6 Å². The zero-order chi connectivity index (χ0) is 26.5. The molecule has 0 spiro atoms. The summed E-state index contributed by atoms with van der Waals surface area (Å²) in [4.78, 5) is 38.6. The van der Waals surface area contributed by atoms with Crippen LogP contribution >= 0.6 is 0 Å². The van der Waals surface area contributed by atoms with Gasteiger partial charge in [0.25, 0.3) is 0 Å². The summed E-state index contributed by atoms with van der Waals surface area (Å²) in [5, 5.41) is 6.65. The second-order valence-corrected chi connectivity index (χ2v) is 9.05. The monoisotopic (exact) mass is 510 g/mol. The molecule has 1 amide bonds. The third kappa shape index (κ3) is 6.01. The second kappa shape index (κ2) is 11.2. The van der Waals surface area contributed by atoms with Crippen molar-refractivity contribution in [2.75, 3.05) is 48.3 Å². The van der Waals surface area contributed by atoms with Crippen molar-refractivity contribution in [3.8, 4) is 11.5 Å². The quantitative estimate of drug-likeness (QED) is 0.324. The minimum atomic E-state index is -0.475. The smallest absolute Gasteiger partial charge is 0.229 e. The predicted molar refractivity (Wildman–Crippen MR) is 148 cm³/mol. The van der Waals surface area contributed by atoms with E-state index < -0.39 is 5.91 Å². The van der Waals surface area contributed by atoms with Crippen LogP contribution in [0.3, 0.4) is 0 Å². The molecular weight excluding hydrogens is 480 g/mol. The fraction of sp³-hybridized carbons (Fsp3) is 0.259. The van der Waals surface area contributed by atoms with Crippen LogP contribution in [-0.4, -0.2) is 64.1 Å². The molecule has 11 nitrogen and oxygen atoms in total. The third-order valence-corrected chi connectivity index (χ3v) is 6.17. The van der Waals surface area contributed by atoms with Gasteiger partial charge < -0.3 is 26.2 Å². The SMILES string of the molecule is Cc1cccc(-c2nc(CC(N)=O)cc(N(C)c3ccnc(Nc4ccc(N5CCNCC5)cc4)n3)n2)n1. The molecule has 1 aliphatic rings. The molecule has 4 heterocycles. The molecule has 0 aliphatic carbocycles. The van der Waals surface area contributed by atoms with Crippen LogP contribution < -0.4 is 26.2 Å². The Morgan fingerprint density at radius 3 is 2.55 bits per heavy atom. The fourth-order valence-corrected chi connectivity index (χ4v) is 4.23. The summed E-state index contributed by atoms with van der Waals surface area (Å²) in [6.07, 6.45) is 1.67. The van der Waals surface area contributed by atoms with Gasteiger partial charge in [-0.3, -0.25) is 4.79 Å². The molecule has 1 fully saturated rings. The number of nitrogens with zero attached hydrogens (tertiary/aromatic N) is 7. The Hall–Kier alpha value is -4.64. The first-order valence-electron chi connectivity index (χ1n) is 12.4. The molecule has 1 aromatic carbocycles. The predicted octanol–water partition coefficient (Wildman–Crippen LogP) is 2.59. The summed E-state index contributed by atoms with van der Waals surface area (Å²) in [5.41, 5.74) is 9.50. The number of hydrogen-bond donors (Lipinski definition) is 3. The van der Waals surface area contributed by atoms with Gasteiger partial charge in [-0.25, -0.2) is 19.9 Å². The summed E-state index contributed by atoms with van der Waals surface area (Å²) < 4.78 is 0. The van der Waals surface area contributed by atoms with Crippen molar-refractivity contribution in [2.24, 2.45) is 5.73 Å². The molecular formula is C27H30N10O. The van der Waals surface area contributed by atoms with Crippen LogP contribution in [0.4, 0.5) is 29.0 Å². The highest BCUT2D eigenvalue weighted by Crippen LogP contribution is 2.25. The van der Waals surface area contributed by atoms with Crippen LogP contribution in [0.25, 0.3) is 11.5 Å². The molecule has 11 heteroatoms. The van der Waals surface area contributed by atoms with E-state index in [4.69, 9.17) is 10.7 Å². The minimum absolute atomic E-state index is 0.0112. The zero-order valence-corrected chi connectivity index (χ0v) is 21.4. The Bertz CT molecular complexity index is 1420. The summed E-state index contributed by atoms with van der Waals surface area (Å²) >= 11 is 0. The Morgan fingerprint density at radius 2 is 1.82 bits per heavy atom. The molecule has 5 rings (SSSR count). The lowest BCUT2D eigenvalue weighted by atomic mass is 10.2. The maximum absolute atomic E-state index is 11.6. The molecule has 3 aromatic heterocycles. The number of nitrogens with one attached hydrogen (secondary N) is 2. The molecule has 0 saturated carbocycles. The maximum Gasteiger partial charge on any atom is 0.229 e. The largest absolute Gasteiger partial charge is 0.369 e. The van der Waals surface area contributed by atoms with Crippen LogP contribution in [0.1, 0.15) is 11.4 Å². The van der Waals surface area contributed by atoms with Gasteiger partial charge in [0.05, 0.1) is 12.1 Å². The van der Waals surface area contributed by atoms with Gasteiger partial charge in [-0.2, -0.15) is 4.98 Å². The summed E-state index contributed by atoms with van der Waals surface area (Å²) in [5.74, 6) is 1.56. The molecule has 4 aromatic rings. The molecule has 1 saturated heterocycles. The average Bonchev–Trinajstić information content (AvgIpc) is 2.93. The number of aromatic nitrogens is 5. The first-order valence-corrected chi connectivity index (χ1v) is 12.4. The zero-order valence-electron chi connectivity index (χ0n) is 21.4. The fourth-order valence-electron chi connectivity index (χ4n) is 4.23. The lowest BCUT2D eigenvalue weighted by molar-refractivity contribution is -0.117. The van der Waals surface area contributed by atoms with Crippen molar-refractivity contribution in [2.45, 2.75) is 13.3 Å². The summed E-state index contributed by atoms with van der Waals surface area (Å²) in [6.45, 7) is 5.88. The highest BCUT2D eigenvalue weighted by Gasteiger charge is 2.16. The van der Waals surface area contributed by atoms with Crippen LogP contribution in [-0.2, 0) is 11.2 Å². The van der Waals surface area contributed by atoms with Gasteiger partial charge in [0, 0.05) is 62.6 Å². The van der Waals surface area contributed by atoms with E-state index >= 15 is 0 Å². The van der Waals surface area contributed by atoms with Crippen LogP contribution in [0.5, 0.6) is 0 Å². The molecule has 0 unspecified atom stereocenters. The number of amides is 1. The van der Waals surface area contributed by atoms with Gasteiger partial charge in [-0.05, 0) is 49.4 Å². The van der Waals surface area contributed by atoms with E-state index in [1.807, 2.05) is 49.2 Å². The number of benzene rings is 1. The first-order chi connectivity index (χ1) is 18.4. The molecule has 0 radical (unpaired) electrons. The van der Waals surface area contributed by atoms with E-state index in [-0.39, 0.29) is 6.42 Å². The number of aryl methyl sites for hydroxylation is 1. The number of piperazine rings is 1. The third-order valence-electron chi connectivity index (χ3n) is 6.17. The molecule has 194 valence electrons. The summed E-state index contributed by atoms with van der Waals surface area (Å²) in [7, 11) is 1.85. The number of nitrogens with two attached hydrogens (primary N) is 1. The highest BCUT2D eigenvalue weighted by atomic mass is 16.1. The van der Waals surface area contributed by atoms with Gasteiger partial charge >= 0.3 is 0 Å². The number of primary amides is 1. The van der Waals surface area contributed by atoms with E-state index in [0.29, 0.717) is 34.8 Å². The molecule has 4 N–H and O–H groups in total. The van der Waals surface area contributed by atoms with Gasteiger partial charge in [-0.15, -0.1) is 0 Å². The molecule has 0 bridgehead atoms. The lowest BCUT2D eigenvalue weighted by Gasteiger charge is -2.29. The average molecular weight is 511 g/mol. The van der Waals surface area contributed by atoms with E-state index in [1.54, 1.807) is 18.3 Å².